The van der Waals surface area contributed by atoms with Crippen molar-refractivity contribution in [3.63, 3.8) is 0 Å². The van der Waals surface area contributed by atoms with E-state index in [1.165, 1.54) is 5.56 Å². The Bertz CT molecular complexity index is 1110. The summed E-state index contributed by atoms with van der Waals surface area (Å²) in [4.78, 5) is 37.3. The standard InChI is InChI=1S/C26H27N3O4/c1-3-18-8-10-19(11-9-18)16-27-24(30)22-6-4-5-7-23(22)29-26(32)25(31)28-17-20-12-14-21(33-2)15-13-20/h4-15H,3,16-17H2,1-2H3,(H,27,30)(H,28,31)(H,29,32). The second-order valence-electron chi connectivity index (χ2n) is 7.38. The number of rotatable bonds is 8. The highest BCUT2D eigenvalue weighted by Gasteiger charge is 2.17. The van der Waals surface area contributed by atoms with Gasteiger partial charge in [0.05, 0.1) is 18.4 Å². The van der Waals surface area contributed by atoms with Crippen LogP contribution >= 0.6 is 0 Å². The molecule has 0 radical (unpaired) electrons. The quantitative estimate of drug-likeness (QED) is 0.463. The van der Waals surface area contributed by atoms with Gasteiger partial charge in [0.25, 0.3) is 5.91 Å². The molecule has 3 rings (SSSR count). The predicted octanol–water partition coefficient (Wildman–Crippen LogP) is 3.44. The zero-order valence-electron chi connectivity index (χ0n) is 18.7. The van der Waals surface area contributed by atoms with Gasteiger partial charge in [0.15, 0.2) is 0 Å². The van der Waals surface area contributed by atoms with Crippen LogP contribution in [0.5, 0.6) is 5.75 Å². The number of para-hydroxylation sites is 1. The second-order valence-corrected chi connectivity index (χ2v) is 7.38. The molecular formula is C26H27N3O4. The molecule has 0 atom stereocenters. The normalized spacial score (nSPS) is 10.2. The van der Waals surface area contributed by atoms with Crippen molar-refractivity contribution in [2.24, 2.45) is 0 Å². The summed E-state index contributed by atoms with van der Waals surface area (Å²) in [7, 11) is 1.57. The fraction of sp³-hybridized carbons (Fsp3) is 0.192. The lowest BCUT2D eigenvalue weighted by Crippen LogP contribution is -2.35. The van der Waals surface area contributed by atoms with E-state index < -0.39 is 11.8 Å². The van der Waals surface area contributed by atoms with Crippen LogP contribution in [0.3, 0.4) is 0 Å². The number of amides is 3. The van der Waals surface area contributed by atoms with E-state index in [1.807, 2.05) is 24.3 Å². The van der Waals surface area contributed by atoms with Gasteiger partial charge in [-0.2, -0.15) is 0 Å². The fourth-order valence-electron chi connectivity index (χ4n) is 3.15. The van der Waals surface area contributed by atoms with Crippen molar-refractivity contribution < 1.29 is 19.1 Å². The molecule has 0 unspecified atom stereocenters. The number of ether oxygens (including phenoxy) is 1. The summed E-state index contributed by atoms with van der Waals surface area (Å²) in [5.41, 5.74) is 3.56. The monoisotopic (exact) mass is 445 g/mol. The van der Waals surface area contributed by atoms with Gasteiger partial charge in [0.1, 0.15) is 5.75 Å². The summed E-state index contributed by atoms with van der Waals surface area (Å²) in [5, 5.41) is 7.95. The van der Waals surface area contributed by atoms with Crippen molar-refractivity contribution in [3.8, 4) is 5.75 Å². The first kappa shape index (κ1) is 23.5. The topological polar surface area (TPSA) is 96.5 Å². The van der Waals surface area contributed by atoms with E-state index in [0.29, 0.717) is 12.3 Å². The highest BCUT2D eigenvalue weighted by molar-refractivity contribution is 6.40. The van der Waals surface area contributed by atoms with Crippen LogP contribution in [0.4, 0.5) is 5.69 Å². The van der Waals surface area contributed by atoms with Crippen molar-refractivity contribution in [1.29, 1.82) is 0 Å². The lowest BCUT2D eigenvalue weighted by Gasteiger charge is -2.12. The number of methoxy groups -OCH3 is 1. The number of hydrogen-bond donors (Lipinski definition) is 3. The molecule has 0 aromatic heterocycles. The molecule has 0 heterocycles. The van der Waals surface area contributed by atoms with Gasteiger partial charge in [0.2, 0.25) is 0 Å². The molecule has 0 bridgehead atoms. The van der Waals surface area contributed by atoms with Crippen LogP contribution in [0, 0.1) is 0 Å². The molecule has 0 aliphatic heterocycles. The molecule has 33 heavy (non-hydrogen) atoms. The summed E-state index contributed by atoms with van der Waals surface area (Å²) in [6.07, 6.45) is 0.952. The number of benzene rings is 3. The third-order valence-electron chi connectivity index (χ3n) is 5.12. The van der Waals surface area contributed by atoms with Crippen LogP contribution in [0.25, 0.3) is 0 Å². The Hall–Kier alpha value is -4.13. The van der Waals surface area contributed by atoms with Gasteiger partial charge in [-0.15, -0.1) is 0 Å². The molecule has 0 saturated heterocycles. The van der Waals surface area contributed by atoms with E-state index in [-0.39, 0.29) is 23.7 Å². The Labute approximate surface area is 193 Å². The van der Waals surface area contributed by atoms with Gasteiger partial charge in [-0.1, -0.05) is 55.5 Å². The van der Waals surface area contributed by atoms with Gasteiger partial charge in [-0.25, -0.2) is 0 Å². The number of aryl methyl sites for hydroxylation is 1. The zero-order chi connectivity index (χ0) is 23.6. The maximum atomic E-state index is 12.7. The average Bonchev–Trinajstić information content (AvgIpc) is 2.86. The number of hydrogen-bond acceptors (Lipinski definition) is 4. The molecule has 0 saturated carbocycles. The summed E-state index contributed by atoms with van der Waals surface area (Å²) in [6.45, 7) is 2.63. The van der Waals surface area contributed by atoms with E-state index in [4.69, 9.17) is 4.74 Å². The van der Waals surface area contributed by atoms with E-state index in [0.717, 1.165) is 17.5 Å². The maximum absolute atomic E-state index is 12.7. The number of carbonyl (C=O) groups is 3. The maximum Gasteiger partial charge on any atom is 0.313 e. The second kappa shape index (κ2) is 11.5. The molecule has 0 aliphatic rings. The first-order chi connectivity index (χ1) is 16.0. The first-order valence-corrected chi connectivity index (χ1v) is 10.7. The Morgan fingerprint density at radius 2 is 1.30 bits per heavy atom. The first-order valence-electron chi connectivity index (χ1n) is 10.7. The van der Waals surface area contributed by atoms with E-state index >= 15 is 0 Å². The minimum Gasteiger partial charge on any atom is -0.497 e. The highest BCUT2D eigenvalue weighted by Crippen LogP contribution is 2.16. The third kappa shape index (κ3) is 6.67. The van der Waals surface area contributed by atoms with E-state index in [2.05, 4.69) is 22.9 Å². The van der Waals surface area contributed by atoms with Crippen molar-refractivity contribution in [2.75, 3.05) is 12.4 Å². The molecule has 3 amide bonds. The molecule has 0 fully saturated rings. The summed E-state index contributed by atoms with van der Waals surface area (Å²) in [6, 6.07) is 21.7. The van der Waals surface area contributed by atoms with Crippen LogP contribution < -0.4 is 20.7 Å². The number of anilines is 1. The largest absolute Gasteiger partial charge is 0.497 e. The molecule has 170 valence electrons. The average molecular weight is 446 g/mol. The van der Waals surface area contributed by atoms with Gasteiger partial charge in [-0.3, -0.25) is 14.4 Å². The van der Waals surface area contributed by atoms with Crippen molar-refractivity contribution in [2.45, 2.75) is 26.4 Å². The summed E-state index contributed by atoms with van der Waals surface area (Å²) >= 11 is 0. The van der Waals surface area contributed by atoms with Gasteiger partial charge >= 0.3 is 11.8 Å². The lowest BCUT2D eigenvalue weighted by atomic mass is 10.1. The molecule has 3 N–H and O–H groups in total. The molecule has 0 aliphatic carbocycles. The van der Waals surface area contributed by atoms with Gasteiger partial charge in [0, 0.05) is 13.1 Å². The minimum atomic E-state index is -0.848. The molecule has 3 aromatic carbocycles. The molecule has 7 heteroatoms. The van der Waals surface area contributed by atoms with Crippen LogP contribution in [0.1, 0.15) is 34.0 Å². The fourth-order valence-corrected chi connectivity index (χ4v) is 3.15. The number of nitrogens with one attached hydrogen (secondary N) is 3. The summed E-state index contributed by atoms with van der Waals surface area (Å²) < 4.78 is 5.10. The zero-order valence-corrected chi connectivity index (χ0v) is 18.7. The van der Waals surface area contributed by atoms with Crippen molar-refractivity contribution >= 4 is 23.4 Å². The molecule has 3 aromatic rings. The predicted molar refractivity (Wildman–Crippen MR) is 127 cm³/mol. The van der Waals surface area contributed by atoms with Gasteiger partial charge in [-0.05, 0) is 47.4 Å². The molecule has 7 nitrogen and oxygen atoms in total. The van der Waals surface area contributed by atoms with Crippen molar-refractivity contribution in [3.05, 3.63) is 95.1 Å². The Morgan fingerprint density at radius 3 is 1.94 bits per heavy atom. The van der Waals surface area contributed by atoms with E-state index in [1.54, 1.807) is 55.6 Å². The van der Waals surface area contributed by atoms with Crippen LogP contribution in [-0.4, -0.2) is 24.8 Å². The van der Waals surface area contributed by atoms with E-state index in [9.17, 15) is 14.4 Å². The minimum absolute atomic E-state index is 0.190. The van der Waals surface area contributed by atoms with Crippen molar-refractivity contribution in [1.82, 2.24) is 10.6 Å². The lowest BCUT2D eigenvalue weighted by molar-refractivity contribution is -0.136. The SMILES string of the molecule is CCc1ccc(CNC(=O)c2ccccc2NC(=O)C(=O)NCc2ccc(OC)cc2)cc1. The van der Waals surface area contributed by atoms with Crippen LogP contribution in [0.2, 0.25) is 0 Å². The summed E-state index contributed by atoms with van der Waals surface area (Å²) in [5.74, 6) is -1.28. The van der Waals surface area contributed by atoms with Crippen LogP contribution in [0.15, 0.2) is 72.8 Å². The molecule has 0 spiro atoms. The molecular weight excluding hydrogens is 418 g/mol. The highest BCUT2D eigenvalue weighted by atomic mass is 16.5. The smallest absolute Gasteiger partial charge is 0.313 e. The Kier molecular flexibility index (Phi) is 8.18. The van der Waals surface area contributed by atoms with Gasteiger partial charge < -0.3 is 20.7 Å². The van der Waals surface area contributed by atoms with Crippen LogP contribution in [-0.2, 0) is 29.1 Å². The Morgan fingerprint density at radius 1 is 0.727 bits per heavy atom. The third-order valence-corrected chi connectivity index (χ3v) is 5.12. The number of carbonyl (C=O) groups excluding carboxylic acids is 3. The Balaban J connectivity index is 1.57.